The number of carbonyl (C=O) groups is 1. The molecule has 0 saturated carbocycles. The second kappa shape index (κ2) is 6.48. The average Bonchev–Trinajstić information content (AvgIpc) is 2.62. The topological polar surface area (TPSA) is 80.2 Å². The highest BCUT2D eigenvalue weighted by atomic mass is 16.5. The van der Waals surface area contributed by atoms with Gasteiger partial charge in [-0.3, -0.25) is 4.79 Å². The van der Waals surface area contributed by atoms with Crippen molar-refractivity contribution in [1.29, 1.82) is 0 Å². The van der Waals surface area contributed by atoms with Crippen LogP contribution in [0.25, 0.3) is 0 Å². The standard InChI is InChI=1S/C15H17N5O2/c1-16-14-4-2-3-12(19-14)13-9-20(5-6-22-13)15(21)11-7-17-10-18-8-11/h2-4,7-8,10,13H,5-6,9H2,1H3,(H,16,19). The molecule has 3 heterocycles. The highest BCUT2D eigenvalue weighted by Gasteiger charge is 2.27. The molecule has 1 amide bonds. The summed E-state index contributed by atoms with van der Waals surface area (Å²) in [6.07, 6.45) is 4.24. The van der Waals surface area contributed by atoms with Gasteiger partial charge in [-0.2, -0.15) is 0 Å². The second-order valence-electron chi connectivity index (χ2n) is 4.94. The number of hydrogen-bond acceptors (Lipinski definition) is 6. The largest absolute Gasteiger partial charge is 0.373 e. The Morgan fingerprint density at radius 1 is 1.36 bits per heavy atom. The van der Waals surface area contributed by atoms with Crippen molar-refractivity contribution in [3.8, 4) is 0 Å². The number of rotatable bonds is 3. The minimum Gasteiger partial charge on any atom is -0.373 e. The van der Waals surface area contributed by atoms with E-state index in [2.05, 4.69) is 20.3 Å². The Kier molecular flexibility index (Phi) is 4.24. The summed E-state index contributed by atoms with van der Waals surface area (Å²) in [6, 6.07) is 5.71. The summed E-state index contributed by atoms with van der Waals surface area (Å²) >= 11 is 0. The molecule has 1 unspecified atom stereocenters. The molecule has 114 valence electrons. The second-order valence-corrected chi connectivity index (χ2v) is 4.94. The fourth-order valence-corrected chi connectivity index (χ4v) is 2.37. The van der Waals surface area contributed by atoms with Gasteiger partial charge in [-0.1, -0.05) is 6.07 Å². The highest BCUT2D eigenvalue weighted by molar-refractivity contribution is 5.93. The molecule has 0 aromatic carbocycles. The van der Waals surface area contributed by atoms with Crippen LogP contribution in [0.4, 0.5) is 5.82 Å². The van der Waals surface area contributed by atoms with Crippen LogP contribution in [-0.2, 0) is 4.74 Å². The van der Waals surface area contributed by atoms with Crippen LogP contribution in [0, 0.1) is 0 Å². The molecular formula is C15H17N5O2. The number of morpholine rings is 1. The number of carbonyl (C=O) groups excluding carboxylic acids is 1. The molecule has 2 aromatic rings. The van der Waals surface area contributed by atoms with Crippen LogP contribution in [0.1, 0.15) is 22.2 Å². The van der Waals surface area contributed by atoms with Crippen molar-refractivity contribution in [2.75, 3.05) is 32.1 Å². The lowest BCUT2D eigenvalue weighted by Crippen LogP contribution is -2.42. The van der Waals surface area contributed by atoms with Gasteiger partial charge in [0, 0.05) is 26.0 Å². The average molecular weight is 299 g/mol. The van der Waals surface area contributed by atoms with Crippen LogP contribution in [0.2, 0.25) is 0 Å². The minimum absolute atomic E-state index is 0.0846. The molecule has 2 aromatic heterocycles. The Balaban J connectivity index is 1.75. The van der Waals surface area contributed by atoms with Crippen molar-refractivity contribution in [1.82, 2.24) is 19.9 Å². The van der Waals surface area contributed by atoms with Gasteiger partial charge in [0.05, 0.1) is 24.4 Å². The lowest BCUT2D eigenvalue weighted by molar-refractivity contribution is -0.0247. The van der Waals surface area contributed by atoms with Crippen LogP contribution in [0.3, 0.4) is 0 Å². The maximum absolute atomic E-state index is 12.5. The lowest BCUT2D eigenvalue weighted by Gasteiger charge is -2.32. The van der Waals surface area contributed by atoms with Crippen LogP contribution in [-0.4, -0.2) is 52.5 Å². The van der Waals surface area contributed by atoms with E-state index in [1.54, 1.807) is 4.90 Å². The van der Waals surface area contributed by atoms with Gasteiger partial charge < -0.3 is 15.0 Å². The zero-order valence-corrected chi connectivity index (χ0v) is 12.3. The third-order valence-electron chi connectivity index (χ3n) is 3.52. The summed E-state index contributed by atoms with van der Waals surface area (Å²) in [5, 5.41) is 3.00. The fourth-order valence-electron chi connectivity index (χ4n) is 2.37. The first-order chi connectivity index (χ1) is 10.8. The number of aromatic nitrogens is 3. The lowest BCUT2D eigenvalue weighted by atomic mass is 10.1. The van der Waals surface area contributed by atoms with Crippen LogP contribution >= 0.6 is 0 Å². The Hall–Kier alpha value is -2.54. The van der Waals surface area contributed by atoms with E-state index >= 15 is 0 Å². The van der Waals surface area contributed by atoms with Gasteiger partial charge >= 0.3 is 0 Å². The normalized spacial score (nSPS) is 18.0. The van der Waals surface area contributed by atoms with Gasteiger partial charge in [0.15, 0.2) is 0 Å². The van der Waals surface area contributed by atoms with Gasteiger partial charge in [-0.15, -0.1) is 0 Å². The molecule has 1 N–H and O–H groups in total. The molecule has 0 radical (unpaired) electrons. The van der Waals surface area contributed by atoms with Crippen molar-refractivity contribution in [2.45, 2.75) is 6.10 Å². The van der Waals surface area contributed by atoms with E-state index in [0.29, 0.717) is 25.3 Å². The summed E-state index contributed by atoms with van der Waals surface area (Å²) in [5.74, 6) is 0.694. The number of pyridine rings is 1. The van der Waals surface area contributed by atoms with Gasteiger partial charge in [0.25, 0.3) is 5.91 Å². The van der Waals surface area contributed by atoms with E-state index in [1.807, 2.05) is 25.2 Å². The van der Waals surface area contributed by atoms with Crippen molar-refractivity contribution in [3.63, 3.8) is 0 Å². The SMILES string of the molecule is CNc1cccc(C2CN(C(=O)c3cncnc3)CCO2)n1. The summed E-state index contributed by atoms with van der Waals surface area (Å²) in [7, 11) is 1.82. The number of nitrogens with zero attached hydrogens (tertiary/aromatic N) is 4. The predicted octanol–water partition coefficient (Wildman–Crippen LogP) is 1.13. The first kappa shape index (κ1) is 14.4. The molecule has 7 heteroatoms. The Bertz CT molecular complexity index is 649. The van der Waals surface area contributed by atoms with E-state index < -0.39 is 0 Å². The number of nitrogens with one attached hydrogen (secondary N) is 1. The molecule has 3 rings (SSSR count). The van der Waals surface area contributed by atoms with Crippen molar-refractivity contribution in [3.05, 3.63) is 48.2 Å². The van der Waals surface area contributed by atoms with E-state index in [0.717, 1.165) is 11.5 Å². The Morgan fingerprint density at radius 3 is 2.95 bits per heavy atom. The first-order valence-electron chi connectivity index (χ1n) is 7.08. The summed E-state index contributed by atoms with van der Waals surface area (Å²) in [5.41, 5.74) is 1.30. The third kappa shape index (κ3) is 3.04. The molecule has 1 fully saturated rings. The third-order valence-corrected chi connectivity index (χ3v) is 3.52. The van der Waals surface area contributed by atoms with Crippen molar-refractivity contribution < 1.29 is 9.53 Å². The van der Waals surface area contributed by atoms with Crippen LogP contribution < -0.4 is 5.32 Å². The molecule has 1 aliphatic heterocycles. The Labute approximate surface area is 128 Å². The van der Waals surface area contributed by atoms with Gasteiger partial charge in [-0.25, -0.2) is 15.0 Å². The summed E-state index contributed by atoms with van der Waals surface area (Å²) < 4.78 is 5.76. The molecule has 0 spiro atoms. The van der Waals surface area contributed by atoms with Gasteiger partial charge in [-0.05, 0) is 12.1 Å². The first-order valence-corrected chi connectivity index (χ1v) is 7.08. The molecule has 22 heavy (non-hydrogen) atoms. The summed E-state index contributed by atoms with van der Waals surface area (Å²) in [4.78, 5) is 26.5. The van der Waals surface area contributed by atoms with Gasteiger partial charge in [0.2, 0.25) is 0 Å². The molecule has 1 saturated heterocycles. The molecule has 1 atom stereocenters. The molecular weight excluding hydrogens is 282 g/mol. The van der Waals surface area contributed by atoms with E-state index in [9.17, 15) is 4.79 Å². The zero-order chi connectivity index (χ0) is 15.4. The molecule has 0 bridgehead atoms. The van der Waals surface area contributed by atoms with Crippen molar-refractivity contribution >= 4 is 11.7 Å². The van der Waals surface area contributed by atoms with Crippen LogP contribution in [0.15, 0.2) is 36.9 Å². The van der Waals surface area contributed by atoms with E-state index in [4.69, 9.17) is 4.74 Å². The number of amides is 1. The number of ether oxygens (including phenoxy) is 1. The monoisotopic (exact) mass is 299 g/mol. The molecule has 7 nitrogen and oxygen atoms in total. The molecule has 0 aliphatic carbocycles. The smallest absolute Gasteiger partial charge is 0.257 e. The minimum atomic E-state index is -0.226. The zero-order valence-electron chi connectivity index (χ0n) is 12.3. The Morgan fingerprint density at radius 2 is 2.18 bits per heavy atom. The maximum atomic E-state index is 12.5. The van der Waals surface area contributed by atoms with Crippen molar-refractivity contribution in [2.24, 2.45) is 0 Å². The maximum Gasteiger partial charge on any atom is 0.257 e. The highest BCUT2D eigenvalue weighted by Crippen LogP contribution is 2.22. The predicted molar refractivity (Wildman–Crippen MR) is 80.4 cm³/mol. The molecule has 1 aliphatic rings. The number of anilines is 1. The van der Waals surface area contributed by atoms with Gasteiger partial charge in [0.1, 0.15) is 18.2 Å². The fraction of sp³-hybridized carbons (Fsp3) is 0.333. The van der Waals surface area contributed by atoms with Crippen LogP contribution in [0.5, 0.6) is 0 Å². The van der Waals surface area contributed by atoms with E-state index in [1.165, 1.54) is 18.7 Å². The summed E-state index contributed by atoms with van der Waals surface area (Å²) in [6.45, 7) is 1.50. The number of hydrogen-bond donors (Lipinski definition) is 1. The quantitative estimate of drug-likeness (QED) is 0.915. The van der Waals surface area contributed by atoms with E-state index in [-0.39, 0.29) is 12.0 Å².